The molecule has 0 bridgehead atoms. The fraction of sp³-hybridized carbons (Fsp3) is 0.208. The Kier molecular flexibility index (Phi) is 7.29. The lowest BCUT2D eigenvalue weighted by Gasteiger charge is -2.25. The number of nitrogens with zero attached hydrogens (tertiary/aromatic N) is 3. The Morgan fingerprint density at radius 1 is 1.24 bits per heavy atom. The van der Waals surface area contributed by atoms with Crippen molar-refractivity contribution >= 4 is 49.8 Å². The Hall–Kier alpha value is -3.32. The molecule has 2 aromatic carbocycles. The monoisotopic (exact) mass is 509 g/mol. The summed E-state index contributed by atoms with van der Waals surface area (Å²) in [6, 6.07) is 11.9. The van der Waals surface area contributed by atoms with Gasteiger partial charge in [-0.1, -0.05) is 6.08 Å². The van der Waals surface area contributed by atoms with E-state index in [1.165, 1.54) is 18.3 Å². The second-order valence-corrected chi connectivity index (χ2v) is 8.30. The Labute approximate surface area is 199 Å². The lowest BCUT2D eigenvalue weighted by Crippen LogP contribution is -2.36. The first kappa shape index (κ1) is 22.9. The molecule has 4 rings (SSSR count). The Balaban J connectivity index is 1.55. The Bertz CT molecular complexity index is 1250. The maximum absolute atomic E-state index is 13.6. The van der Waals surface area contributed by atoms with Gasteiger partial charge in [-0.25, -0.2) is 4.39 Å². The van der Waals surface area contributed by atoms with Crippen molar-refractivity contribution in [2.24, 2.45) is 0 Å². The van der Waals surface area contributed by atoms with Gasteiger partial charge in [-0.15, -0.1) is 0 Å². The van der Waals surface area contributed by atoms with Crippen LogP contribution in [0.4, 0.5) is 21.5 Å². The second-order valence-electron chi connectivity index (χ2n) is 7.45. The average molecular weight is 510 g/mol. The number of rotatable bonds is 6. The first-order valence-electron chi connectivity index (χ1n) is 10.4. The number of fused-ring (bicyclic) bond motifs is 1. The average Bonchev–Trinajstić information content (AvgIpc) is 2.82. The molecule has 1 amide bonds. The van der Waals surface area contributed by atoms with Crippen LogP contribution in [0.15, 0.2) is 59.2 Å². The molecule has 0 radical (unpaired) electrons. The smallest absolute Gasteiger partial charge is 0.248 e. The Morgan fingerprint density at radius 2 is 2.03 bits per heavy atom. The van der Waals surface area contributed by atoms with Gasteiger partial charge in [0.15, 0.2) is 0 Å². The number of nitriles is 1. The highest BCUT2D eigenvalue weighted by atomic mass is 79.9. The van der Waals surface area contributed by atoms with Gasteiger partial charge in [0.25, 0.3) is 0 Å². The minimum Gasteiger partial charge on any atom is -0.379 e. The van der Waals surface area contributed by atoms with E-state index >= 15 is 0 Å². The summed E-state index contributed by atoms with van der Waals surface area (Å²) in [4.78, 5) is 18.9. The number of hydrogen-bond donors (Lipinski definition) is 2. The van der Waals surface area contributed by atoms with Crippen molar-refractivity contribution in [3.8, 4) is 6.07 Å². The molecular weight excluding hydrogens is 489 g/mol. The predicted octanol–water partition coefficient (Wildman–Crippen LogP) is 4.58. The minimum atomic E-state index is -0.382. The summed E-state index contributed by atoms with van der Waals surface area (Å²) in [5.74, 6) is -0.628. The number of carbonyl (C=O) groups excluding carboxylic acids is 1. The zero-order valence-corrected chi connectivity index (χ0v) is 19.2. The largest absolute Gasteiger partial charge is 0.379 e. The number of ether oxygens (including phenoxy) is 1. The van der Waals surface area contributed by atoms with Gasteiger partial charge in [-0.2, -0.15) is 5.26 Å². The van der Waals surface area contributed by atoms with Crippen molar-refractivity contribution in [2.45, 2.75) is 0 Å². The van der Waals surface area contributed by atoms with Crippen molar-refractivity contribution in [1.29, 1.82) is 5.26 Å². The molecule has 2 heterocycles. The molecule has 168 valence electrons. The summed E-state index contributed by atoms with van der Waals surface area (Å²) >= 11 is 3.17. The van der Waals surface area contributed by atoms with Crippen molar-refractivity contribution in [3.63, 3.8) is 0 Å². The van der Waals surface area contributed by atoms with Crippen LogP contribution in [-0.2, 0) is 9.53 Å². The maximum Gasteiger partial charge on any atom is 0.248 e. The van der Waals surface area contributed by atoms with Crippen LogP contribution in [0.2, 0.25) is 0 Å². The van der Waals surface area contributed by atoms with Gasteiger partial charge < -0.3 is 15.4 Å². The van der Waals surface area contributed by atoms with E-state index in [9.17, 15) is 14.4 Å². The third-order valence-electron chi connectivity index (χ3n) is 5.18. The number of nitrogens with one attached hydrogen (secondary N) is 2. The molecule has 0 saturated carbocycles. The lowest BCUT2D eigenvalue weighted by atomic mass is 10.1. The van der Waals surface area contributed by atoms with E-state index in [1.807, 2.05) is 6.08 Å². The highest BCUT2D eigenvalue weighted by molar-refractivity contribution is 9.10. The summed E-state index contributed by atoms with van der Waals surface area (Å²) in [6.07, 6.45) is 4.82. The molecular formula is C24H21BrFN5O2. The highest BCUT2D eigenvalue weighted by Gasteiger charge is 2.12. The normalized spacial score (nSPS) is 14.3. The molecule has 1 saturated heterocycles. The summed E-state index contributed by atoms with van der Waals surface area (Å²) < 4.78 is 19.2. The van der Waals surface area contributed by atoms with E-state index in [4.69, 9.17) is 4.74 Å². The molecule has 1 aliphatic rings. The number of hydrogen-bond acceptors (Lipinski definition) is 6. The van der Waals surface area contributed by atoms with Gasteiger partial charge in [0.1, 0.15) is 11.9 Å². The summed E-state index contributed by atoms with van der Waals surface area (Å²) in [6.45, 7) is 3.81. The van der Waals surface area contributed by atoms with Crippen molar-refractivity contribution < 1.29 is 13.9 Å². The standard InChI is InChI=1S/C24H21BrFN5O2/c25-20-13-18(3-5-21(20)26)30-24-16(14-27)15-28-22-6-4-17(12-19(22)24)29-23(32)2-1-7-31-8-10-33-11-9-31/h1-6,12-13,15H,7-11H2,(H,28,30)(H,29,32)/b2-1+. The van der Waals surface area contributed by atoms with Crippen LogP contribution >= 0.6 is 15.9 Å². The van der Waals surface area contributed by atoms with Gasteiger partial charge >= 0.3 is 0 Å². The number of morpholine rings is 1. The molecule has 33 heavy (non-hydrogen) atoms. The highest BCUT2D eigenvalue weighted by Crippen LogP contribution is 2.32. The number of halogens is 2. The third kappa shape index (κ3) is 5.73. The minimum absolute atomic E-state index is 0.246. The first-order chi connectivity index (χ1) is 16.0. The maximum atomic E-state index is 13.6. The van der Waals surface area contributed by atoms with Gasteiger partial charge in [0, 0.05) is 48.7 Å². The van der Waals surface area contributed by atoms with Crippen LogP contribution in [0, 0.1) is 17.1 Å². The number of pyridine rings is 1. The van der Waals surface area contributed by atoms with E-state index in [-0.39, 0.29) is 11.7 Å². The van der Waals surface area contributed by atoms with E-state index in [0.29, 0.717) is 57.8 Å². The quantitative estimate of drug-likeness (QED) is 0.472. The Morgan fingerprint density at radius 3 is 2.79 bits per heavy atom. The molecule has 2 N–H and O–H groups in total. The fourth-order valence-corrected chi connectivity index (χ4v) is 3.86. The molecule has 1 fully saturated rings. The van der Waals surface area contributed by atoms with Crippen LogP contribution in [0.25, 0.3) is 10.9 Å². The fourth-order valence-electron chi connectivity index (χ4n) is 3.48. The third-order valence-corrected chi connectivity index (χ3v) is 5.79. The van der Waals surface area contributed by atoms with Crippen LogP contribution in [0.5, 0.6) is 0 Å². The second kappa shape index (κ2) is 10.5. The van der Waals surface area contributed by atoms with Gasteiger partial charge in [-0.3, -0.25) is 14.7 Å². The summed E-state index contributed by atoms with van der Waals surface area (Å²) in [5.41, 5.74) is 2.69. The molecule has 0 unspecified atom stereocenters. The lowest BCUT2D eigenvalue weighted by molar-refractivity contribution is -0.111. The van der Waals surface area contributed by atoms with Gasteiger partial charge in [-0.05, 0) is 52.3 Å². The number of benzene rings is 2. The number of anilines is 3. The first-order valence-corrected chi connectivity index (χ1v) is 11.2. The van der Waals surface area contributed by atoms with Crippen LogP contribution in [0.3, 0.4) is 0 Å². The number of carbonyl (C=O) groups is 1. The molecule has 1 aliphatic heterocycles. The van der Waals surface area contributed by atoms with Crippen LogP contribution < -0.4 is 10.6 Å². The van der Waals surface area contributed by atoms with E-state index in [1.54, 1.807) is 30.3 Å². The molecule has 0 atom stereocenters. The molecule has 9 heteroatoms. The van der Waals surface area contributed by atoms with E-state index in [0.717, 1.165) is 13.1 Å². The molecule has 7 nitrogen and oxygen atoms in total. The van der Waals surface area contributed by atoms with E-state index in [2.05, 4.69) is 42.5 Å². The van der Waals surface area contributed by atoms with Gasteiger partial charge in [0.05, 0.1) is 34.5 Å². The molecule has 1 aromatic heterocycles. The SMILES string of the molecule is N#Cc1cnc2ccc(NC(=O)/C=C/CN3CCOCC3)cc2c1Nc1ccc(F)c(Br)c1. The zero-order chi connectivity index (χ0) is 23.2. The van der Waals surface area contributed by atoms with Gasteiger partial charge in [0.2, 0.25) is 5.91 Å². The van der Waals surface area contributed by atoms with Crippen molar-refractivity contribution in [1.82, 2.24) is 9.88 Å². The van der Waals surface area contributed by atoms with Crippen LogP contribution in [-0.4, -0.2) is 48.6 Å². The number of aromatic nitrogens is 1. The summed E-state index contributed by atoms with van der Waals surface area (Å²) in [7, 11) is 0. The van der Waals surface area contributed by atoms with Crippen molar-refractivity contribution in [2.75, 3.05) is 43.5 Å². The number of amides is 1. The van der Waals surface area contributed by atoms with Crippen molar-refractivity contribution in [3.05, 3.63) is 70.6 Å². The molecule has 3 aromatic rings. The topological polar surface area (TPSA) is 90.3 Å². The zero-order valence-electron chi connectivity index (χ0n) is 17.6. The summed E-state index contributed by atoms with van der Waals surface area (Å²) in [5, 5.41) is 16.3. The van der Waals surface area contributed by atoms with E-state index < -0.39 is 0 Å². The molecule has 0 spiro atoms. The van der Waals surface area contributed by atoms with Crippen LogP contribution in [0.1, 0.15) is 5.56 Å². The predicted molar refractivity (Wildman–Crippen MR) is 129 cm³/mol. The molecule has 0 aliphatic carbocycles.